The van der Waals surface area contributed by atoms with Crippen molar-refractivity contribution in [2.24, 2.45) is 5.11 Å². The Morgan fingerprint density at radius 2 is 1.87 bits per heavy atom. The summed E-state index contributed by atoms with van der Waals surface area (Å²) in [5, 5.41) is 24.2. The van der Waals surface area contributed by atoms with E-state index in [1.807, 2.05) is 0 Å². The molecule has 0 aliphatic rings. The number of benzene rings is 1. The molecule has 0 aromatic heterocycles. The molecule has 0 bridgehead atoms. The summed E-state index contributed by atoms with van der Waals surface area (Å²) in [7, 11) is 0. The van der Waals surface area contributed by atoms with E-state index in [0.29, 0.717) is 4.86 Å². The highest BCUT2D eigenvalue weighted by Gasteiger charge is 2.12. The Labute approximate surface area is 87.3 Å². The maximum Gasteiger partial charge on any atom is 0.244 e. The fourth-order valence-corrected chi connectivity index (χ4v) is 0.897. The van der Waals surface area contributed by atoms with Crippen molar-refractivity contribution >= 4 is 5.69 Å². The van der Waals surface area contributed by atoms with Crippen LogP contribution in [-0.2, 0) is 0 Å². The first kappa shape index (κ1) is 11.6. The fourth-order valence-electron chi connectivity index (χ4n) is 0.897. The number of aliphatic hydroxyl groups excluding tert-OH is 1. The monoisotopic (exact) mass is 212 g/mol. The van der Waals surface area contributed by atoms with E-state index >= 15 is 0 Å². The van der Waals surface area contributed by atoms with Gasteiger partial charge in [-0.15, -0.1) is 0 Å². The van der Waals surface area contributed by atoms with Crippen LogP contribution in [0, 0.1) is 11.0 Å². The summed E-state index contributed by atoms with van der Waals surface area (Å²) in [5.41, 5.74) is 0.240. The molecule has 0 saturated heterocycles. The average Bonchev–Trinajstić information content (AvgIpc) is 2.18. The molecule has 0 spiro atoms. The summed E-state index contributed by atoms with van der Waals surface area (Å²) in [4.78, 5) is 0.386. The van der Waals surface area contributed by atoms with Crippen molar-refractivity contribution < 1.29 is 14.4 Å². The molecule has 1 rings (SSSR count). The summed E-state index contributed by atoms with van der Waals surface area (Å²) < 4.78 is 12.5. The molecular weight excluding hydrogens is 199 g/mol. The number of aliphatic hydroxyl groups is 1. The van der Waals surface area contributed by atoms with Gasteiger partial charge in [-0.05, 0) is 31.1 Å². The lowest BCUT2D eigenvalue weighted by molar-refractivity contribution is -0.447. The summed E-state index contributed by atoms with van der Waals surface area (Å²) in [6.07, 6.45) is -0.693. The summed E-state index contributed by atoms with van der Waals surface area (Å²) in [6.45, 7) is 3.17. The van der Waals surface area contributed by atoms with Gasteiger partial charge in [-0.1, -0.05) is 4.86 Å². The molecule has 0 amide bonds. The molecule has 5 heteroatoms. The minimum Gasteiger partial charge on any atom is -0.594 e. The van der Waals surface area contributed by atoms with Gasteiger partial charge >= 0.3 is 0 Å². The SMILES string of the molecule is C[C@H](N=[N+]([O-])c1ccc(F)cc1)[C@@H](C)O. The minimum absolute atomic E-state index is 0.240. The molecule has 0 aliphatic carbocycles. The van der Waals surface area contributed by atoms with Crippen LogP contribution >= 0.6 is 0 Å². The van der Waals surface area contributed by atoms with E-state index in [4.69, 9.17) is 5.11 Å². The van der Waals surface area contributed by atoms with Crippen LogP contribution in [0.3, 0.4) is 0 Å². The molecule has 0 fully saturated rings. The van der Waals surface area contributed by atoms with Gasteiger partial charge in [-0.3, -0.25) is 0 Å². The maximum absolute atomic E-state index is 12.5. The Bertz CT molecular complexity index is 349. The lowest BCUT2D eigenvalue weighted by Gasteiger charge is -2.07. The van der Waals surface area contributed by atoms with Gasteiger partial charge in [-0.2, -0.15) is 0 Å². The van der Waals surface area contributed by atoms with E-state index in [1.54, 1.807) is 13.8 Å². The first-order chi connectivity index (χ1) is 7.00. The molecule has 4 nitrogen and oxygen atoms in total. The second kappa shape index (κ2) is 4.84. The largest absolute Gasteiger partial charge is 0.594 e. The molecule has 1 aromatic rings. The Morgan fingerprint density at radius 3 is 2.33 bits per heavy atom. The molecule has 82 valence electrons. The number of rotatable bonds is 3. The second-order valence-electron chi connectivity index (χ2n) is 3.35. The van der Waals surface area contributed by atoms with Crippen molar-refractivity contribution in [1.29, 1.82) is 0 Å². The van der Waals surface area contributed by atoms with E-state index in [0.717, 1.165) is 0 Å². The molecule has 1 aromatic carbocycles. The standard InChI is InChI=1S/C10H13FN2O2/c1-7(8(2)14)12-13(15)10-5-3-9(11)4-6-10/h3-8,14H,1-2H3/t7-,8+/m0/s1. The summed E-state index contributed by atoms with van der Waals surface area (Å²) in [6, 6.07) is 4.54. The fraction of sp³-hybridized carbons (Fsp3) is 0.400. The molecule has 15 heavy (non-hydrogen) atoms. The van der Waals surface area contributed by atoms with Gasteiger partial charge < -0.3 is 10.3 Å². The van der Waals surface area contributed by atoms with Crippen molar-refractivity contribution in [2.75, 3.05) is 0 Å². The van der Waals surface area contributed by atoms with Gasteiger partial charge in [0.2, 0.25) is 5.69 Å². The van der Waals surface area contributed by atoms with Crippen molar-refractivity contribution in [3.05, 3.63) is 35.3 Å². The van der Waals surface area contributed by atoms with Gasteiger partial charge in [0.1, 0.15) is 11.9 Å². The zero-order chi connectivity index (χ0) is 11.4. The van der Waals surface area contributed by atoms with Crippen molar-refractivity contribution in [2.45, 2.75) is 26.0 Å². The summed E-state index contributed by atoms with van der Waals surface area (Å²) >= 11 is 0. The van der Waals surface area contributed by atoms with E-state index < -0.39 is 18.0 Å². The number of hydrogen-bond acceptors (Lipinski definition) is 3. The maximum atomic E-state index is 12.5. The van der Waals surface area contributed by atoms with E-state index in [1.165, 1.54) is 24.3 Å². The number of nitrogens with zero attached hydrogens (tertiary/aromatic N) is 2. The average molecular weight is 212 g/mol. The van der Waals surface area contributed by atoms with Crippen LogP contribution in [0.25, 0.3) is 0 Å². The van der Waals surface area contributed by atoms with E-state index in [9.17, 15) is 9.60 Å². The normalized spacial score (nSPS) is 16.1. The van der Waals surface area contributed by atoms with Crippen LogP contribution in [0.15, 0.2) is 29.4 Å². The molecule has 2 atom stereocenters. The number of hydrogen-bond donors (Lipinski definition) is 1. The molecular formula is C10H13FN2O2. The van der Waals surface area contributed by atoms with Crippen LogP contribution in [-0.4, -0.2) is 22.1 Å². The predicted octanol–water partition coefficient (Wildman–Crippen LogP) is 2.19. The second-order valence-corrected chi connectivity index (χ2v) is 3.35. The zero-order valence-electron chi connectivity index (χ0n) is 8.59. The quantitative estimate of drug-likeness (QED) is 0.474. The lowest BCUT2D eigenvalue weighted by atomic mass is 10.2. The van der Waals surface area contributed by atoms with Crippen molar-refractivity contribution in [3.8, 4) is 0 Å². The van der Waals surface area contributed by atoms with Crippen LogP contribution < -0.4 is 0 Å². The zero-order valence-corrected chi connectivity index (χ0v) is 8.59. The van der Waals surface area contributed by atoms with E-state index in [-0.39, 0.29) is 5.69 Å². The molecule has 0 radical (unpaired) electrons. The number of halogens is 1. The minimum atomic E-state index is -0.693. The van der Waals surface area contributed by atoms with Crippen LogP contribution in [0.1, 0.15) is 13.8 Å². The third-order valence-electron chi connectivity index (χ3n) is 2.03. The topological polar surface area (TPSA) is 58.7 Å². The van der Waals surface area contributed by atoms with Gasteiger partial charge in [-0.25, -0.2) is 4.39 Å². The summed E-state index contributed by atoms with van der Waals surface area (Å²) in [5.74, 6) is -0.407. The van der Waals surface area contributed by atoms with Crippen LogP contribution in [0.2, 0.25) is 0 Å². The Balaban J connectivity index is 2.84. The van der Waals surface area contributed by atoms with Crippen LogP contribution in [0.4, 0.5) is 10.1 Å². The van der Waals surface area contributed by atoms with Crippen molar-refractivity contribution in [3.63, 3.8) is 0 Å². The van der Waals surface area contributed by atoms with Crippen molar-refractivity contribution in [1.82, 2.24) is 0 Å². The first-order valence-electron chi connectivity index (χ1n) is 4.62. The molecule has 0 unspecified atom stereocenters. The van der Waals surface area contributed by atoms with E-state index in [2.05, 4.69) is 5.11 Å². The third kappa shape index (κ3) is 3.28. The van der Waals surface area contributed by atoms with Gasteiger partial charge in [0.05, 0.1) is 6.10 Å². The third-order valence-corrected chi connectivity index (χ3v) is 2.03. The van der Waals surface area contributed by atoms with Gasteiger partial charge in [0.15, 0.2) is 0 Å². The smallest absolute Gasteiger partial charge is 0.244 e. The Kier molecular flexibility index (Phi) is 3.74. The predicted molar refractivity (Wildman–Crippen MR) is 53.3 cm³/mol. The molecule has 0 aliphatic heterocycles. The Hall–Kier alpha value is -1.49. The molecule has 1 N–H and O–H groups in total. The highest BCUT2D eigenvalue weighted by Crippen LogP contribution is 2.13. The van der Waals surface area contributed by atoms with Gasteiger partial charge in [0, 0.05) is 12.1 Å². The number of azo groups is 1. The molecule has 0 heterocycles. The van der Waals surface area contributed by atoms with Crippen LogP contribution in [0.5, 0.6) is 0 Å². The highest BCUT2D eigenvalue weighted by molar-refractivity contribution is 5.28. The molecule has 0 saturated carbocycles. The Morgan fingerprint density at radius 1 is 1.33 bits per heavy atom. The first-order valence-corrected chi connectivity index (χ1v) is 4.62. The highest BCUT2D eigenvalue weighted by atomic mass is 19.1. The lowest BCUT2D eigenvalue weighted by Crippen LogP contribution is -2.18. The van der Waals surface area contributed by atoms with Gasteiger partial charge in [0.25, 0.3) is 0 Å².